The molecule has 0 unspecified atom stereocenters. The van der Waals surface area contributed by atoms with E-state index in [2.05, 4.69) is 24.5 Å². The second kappa shape index (κ2) is 10.8. The first-order chi connectivity index (χ1) is 12.3. The Hall–Kier alpha value is -2.06. The fourth-order valence-electron chi connectivity index (χ4n) is 2.20. The number of carboxylic acid groups (broad SMARTS) is 1. The molecule has 0 fully saturated rings. The molecule has 0 saturated heterocycles. The standard InChI is InChI=1S/C18H26N2O5S/c1-4-12(2)16(26)17(23)19-14-11-25-9-7-5-6-8-13(3)20(18(14)24)10-15(21)22/h5-8,12,14,16,26H,3-4,9-11H2,1-2H3,(H,19,23)(H,21,22)/b7-5-,8-6-/t12-,14-,16-/m0/s1. The van der Waals surface area contributed by atoms with Crippen molar-refractivity contribution in [2.24, 2.45) is 5.92 Å². The Morgan fingerprint density at radius 2 is 2.19 bits per heavy atom. The largest absolute Gasteiger partial charge is 0.480 e. The van der Waals surface area contributed by atoms with E-state index in [0.717, 1.165) is 11.3 Å². The molecule has 0 aliphatic carbocycles. The number of amides is 2. The van der Waals surface area contributed by atoms with Crippen LogP contribution in [0.25, 0.3) is 0 Å². The van der Waals surface area contributed by atoms with Gasteiger partial charge in [-0.05, 0) is 12.0 Å². The molecule has 1 aliphatic heterocycles. The minimum absolute atomic E-state index is 0.0213. The number of hydrogen-bond donors (Lipinski definition) is 3. The highest BCUT2D eigenvalue weighted by molar-refractivity contribution is 7.81. The molecule has 144 valence electrons. The maximum absolute atomic E-state index is 12.8. The molecule has 1 aliphatic rings. The molecular formula is C18H26N2O5S. The highest BCUT2D eigenvalue weighted by Gasteiger charge is 2.31. The molecule has 1 heterocycles. The Kier molecular flexibility index (Phi) is 9.15. The highest BCUT2D eigenvalue weighted by atomic mass is 32.1. The van der Waals surface area contributed by atoms with Crippen LogP contribution in [0.2, 0.25) is 0 Å². The van der Waals surface area contributed by atoms with E-state index in [1.54, 1.807) is 18.2 Å². The number of thiol groups is 1. The van der Waals surface area contributed by atoms with Crippen LogP contribution >= 0.6 is 12.6 Å². The van der Waals surface area contributed by atoms with Crippen LogP contribution in [0.5, 0.6) is 0 Å². The number of hydrogen-bond acceptors (Lipinski definition) is 5. The third kappa shape index (κ3) is 6.68. The van der Waals surface area contributed by atoms with Gasteiger partial charge < -0.3 is 15.2 Å². The molecule has 7 nitrogen and oxygen atoms in total. The van der Waals surface area contributed by atoms with E-state index in [9.17, 15) is 14.4 Å². The van der Waals surface area contributed by atoms with Gasteiger partial charge in [0.1, 0.15) is 12.6 Å². The molecule has 3 atom stereocenters. The summed E-state index contributed by atoms with van der Waals surface area (Å²) in [6.45, 7) is 7.19. The molecule has 0 aromatic carbocycles. The lowest BCUT2D eigenvalue weighted by Crippen LogP contribution is -2.53. The molecule has 0 spiro atoms. The molecule has 1 rings (SSSR count). The first kappa shape index (κ1) is 22.0. The number of allylic oxidation sites excluding steroid dienone is 3. The predicted molar refractivity (Wildman–Crippen MR) is 102 cm³/mol. The van der Waals surface area contributed by atoms with Crippen LogP contribution in [0.4, 0.5) is 0 Å². The zero-order valence-electron chi connectivity index (χ0n) is 15.1. The smallest absolute Gasteiger partial charge is 0.323 e. The van der Waals surface area contributed by atoms with Crippen molar-refractivity contribution >= 4 is 30.4 Å². The van der Waals surface area contributed by atoms with E-state index in [4.69, 9.17) is 9.84 Å². The highest BCUT2D eigenvalue weighted by Crippen LogP contribution is 2.15. The van der Waals surface area contributed by atoms with Gasteiger partial charge >= 0.3 is 5.97 Å². The Balaban J connectivity index is 3.04. The van der Waals surface area contributed by atoms with Gasteiger partial charge in [0.25, 0.3) is 5.91 Å². The van der Waals surface area contributed by atoms with Crippen molar-refractivity contribution in [1.82, 2.24) is 10.2 Å². The molecular weight excluding hydrogens is 356 g/mol. The Labute approximate surface area is 159 Å². The van der Waals surface area contributed by atoms with Crippen molar-refractivity contribution in [3.05, 3.63) is 36.6 Å². The Morgan fingerprint density at radius 3 is 2.81 bits per heavy atom. The van der Waals surface area contributed by atoms with Crippen molar-refractivity contribution in [1.29, 1.82) is 0 Å². The fraction of sp³-hybridized carbons (Fsp3) is 0.500. The molecule has 0 aromatic heterocycles. The zero-order chi connectivity index (χ0) is 19.7. The number of carbonyl (C=O) groups excluding carboxylic acids is 2. The van der Waals surface area contributed by atoms with Crippen LogP contribution in [-0.2, 0) is 19.1 Å². The number of aliphatic carboxylic acids is 1. The van der Waals surface area contributed by atoms with Gasteiger partial charge in [-0.3, -0.25) is 19.3 Å². The summed E-state index contributed by atoms with van der Waals surface area (Å²) < 4.78 is 5.42. The van der Waals surface area contributed by atoms with E-state index in [1.165, 1.54) is 6.08 Å². The topological polar surface area (TPSA) is 95.9 Å². The summed E-state index contributed by atoms with van der Waals surface area (Å²) in [6, 6.07) is -1.03. The van der Waals surface area contributed by atoms with Crippen LogP contribution in [0.3, 0.4) is 0 Å². The number of carboxylic acids is 1. The number of nitrogens with one attached hydrogen (secondary N) is 1. The third-order valence-corrected chi connectivity index (χ3v) is 4.75. The number of ether oxygens (including phenoxy) is 1. The fourth-order valence-corrected chi connectivity index (χ4v) is 2.49. The summed E-state index contributed by atoms with van der Waals surface area (Å²) in [5.74, 6) is -2.16. The lowest BCUT2D eigenvalue weighted by atomic mass is 10.0. The van der Waals surface area contributed by atoms with Crippen LogP contribution in [0.15, 0.2) is 36.6 Å². The predicted octanol–water partition coefficient (Wildman–Crippen LogP) is 1.39. The monoisotopic (exact) mass is 382 g/mol. The molecule has 2 N–H and O–H groups in total. The minimum Gasteiger partial charge on any atom is -0.480 e. The minimum atomic E-state index is -1.18. The van der Waals surface area contributed by atoms with Crippen molar-refractivity contribution < 1.29 is 24.2 Å². The van der Waals surface area contributed by atoms with Crippen molar-refractivity contribution in [3.63, 3.8) is 0 Å². The van der Waals surface area contributed by atoms with Gasteiger partial charge in [-0.15, -0.1) is 0 Å². The quantitative estimate of drug-likeness (QED) is 0.603. The van der Waals surface area contributed by atoms with E-state index in [1.807, 2.05) is 13.8 Å². The summed E-state index contributed by atoms with van der Waals surface area (Å²) in [5.41, 5.74) is 0.215. The third-order valence-electron chi connectivity index (χ3n) is 4.01. The normalized spacial score (nSPS) is 23.5. The van der Waals surface area contributed by atoms with Crippen LogP contribution in [0, 0.1) is 5.92 Å². The average molecular weight is 382 g/mol. The van der Waals surface area contributed by atoms with E-state index < -0.39 is 35.6 Å². The lowest BCUT2D eigenvalue weighted by molar-refractivity contribution is -0.144. The van der Waals surface area contributed by atoms with Crippen LogP contribution in [0.1, 0.15) is 20.3 Å². The van der Waals surface area contributed by atoms with E-state index in [0.29, 0.717) is 0 Å². The number of nitrogens with zero attached hydrogens (tertiary/aromatic N) is 1. The molecule has 0 saturated carbocycles. The van der Waals surface area contributed by atoms with Crippen molar-refractivity contribution in [3.8, 4) is 0 Å². The number of carbonyl (C=O) groups is 3. The van der Waals surface area contributed by atoms with E-state index in [-0.39, 0.29) is 24.8 Å². The first-order valence-corrected chi connectivity index (χ1v) is 8.91. The van der Waals surface area contributed by atoms with Gasteiger partial charge in [0.05, 0.1) is 18.5 Å². The van der Waals surface area contributed by atoms with Gasteiger partial charge in [0, 0.05) is 5.70 Å². The van der Waals surface area contributed by atoms with Gasteiger partial charge in [-0.25, -0.2) is 0 Å². The SMILES string of the molecule is C=C1/C=C\C=C/COC[C@H](NC(=O)[C@@H](S)[C@@H](C)CC)C(=O)N1CC(=O)O. The van der Waals surface area contributed by atoms with Crippen molar-refractivity contribution in [2.75, 3.05) is 19.8 Å². The van der Waals surface area contributed by atoms with Crippen molar-refractivity contribution in [2.45, 2.75) is 31.6 Å². The first-order valence-electron chi connectivity index (χ1n) is 8.39. The van der Waals surface area contributed by atoms with Gasteiger partial charge in [-0.1, -0.05) is 45.1 Å². The molecule has 2 amide bonds. The lowest BCUT2D eigenvalue weighted by Gasteiger charge is -2.28. The second-order valence-corrected chi connectivity index (χ2v) is 6.58. The molecule has 0 aromatic rings. The zero-order valence-corrected chi connectivity index (χ0v) is 15.9. The summed E-state index contributed by atoms with van der Waals surface area (Å²) >= 11 is 4.32. The molecule has 26 heavy (non-hydrogen) atoms. The maximum Gasteiger partial charge on any atom is 0.323 e. The Morgan fingerprint density at radius 1 is 1.50 bits per heavy atom. The Bertz CT molecular complexity index is 602. The van der Waals surface area contributed by atoms with Gasteiger partial charge in [-0.2, -0.15) is 12.6 Å². The average Bonchev–Trinajstić information content (AvgIpc) is 2.63. The van der Waals surface area contributed by atoms with Gasteiger partial charge in [0.15, 0.2) is 0 Å². The molecule has 0 radical (unpaired) electrons. The summed E-state index contributed by atoms with van der Waals surface area (Å²) in [6.07, 6.45) is 7.37. The van der Waals surface area contributed by atoms with Gasteiger partial charge in [0.2, 0.25) is 5.91 Å². The molecule has 0 bridgehead atoms. The summed E-state index contributed by atoms with van der Waals surface area (Å²) in [5, 5.41) is 11.2. The summed E-state index contributed by atoms with van der Waals surface area (Å²) in [7, 11) is 0. The summed E-state index contributed by atoms with van der Waals surface area (Å²) in [4.78, 5) is 37.4. The number of rotatable bonds is 6. The maximum atomic E-state index is 12.8. The van der Waals surface area contributed by atoms with Crippen LogP contribution < -0.4 is 5.32 Å². The van der Waals surface area contributed by atoms with E-state index >= 15 is 0 Å². The second-order valence-electron chi connectivity index (χ2n) is 6.03. The molecule has 8 heteroatoms. The van der Waals surface area contributed by atoms with Crippen LogP contribution in [-0.4, -0.2) is 58.8 Å².